The van der Waals surface area contributed by atoms with Crippen LogP contribution >= 0.6 is 58.5 Å². The molecule has 0 atom stereocenters. The number of rotatable bonds is 2. The lowest BCUT2D eigenvalue weighted by atomic mass is 10.2. The van der Waals surface area contributed by atoms with Gasteiger partial charge in [-0.2, -0.15) is 8.75 Å². The normalized spacial score (nSPS) is 11.0. The Kier molecular flexibility index (Phi) is 4.72. The van der Waals surface area contributed by atoms with E-state index in [0.29, 0.717) is 31.8 Å². The van der Waals surface area contributed by atoms with Gasteiger partial charge in [-0.05, 0) is 42.5 Å². The summed E-state index contributed by atoms with van der Waals surface area (Å²) >= 11 is 19.8. The number of aromatic nitrogens is 3. The number of nitrogens with zero attached hydrogens (tertiary/aromatic N) is 3. The molecule has 4 rings (SSSR count). The molecule has 0 saturated heterocycles. The smallest absolute Gasteiger partial charge is 0.257 e. The van der Waals surface area contributed by atoms with Crippen molar-refractivity contribution >= 4 is 95.9 Å². The van der Waals surface area contributed by atoms with E-state index in [1.165, 1.54) is 11.3 Å². The van der Waals surface area contributed by atoms with Crippen molar-refractivity contribution in [3.8, 4) is 0 Å². The van der Waals surface area contributed by atoms with Gasteiger partial charge in [-0.15, -0.1) is 0 Å². The van der Waals surface area contributed by atoms with Gasteiger partial charge in [0.05, 0.1) is 26.5 Å². The van der Waals surface area contributed by atoms with Gasteiger partial charge < -0.3 is 5.32 Å². The van der Waals surface area contributed by atoms with Crippen LogP contribution in [0.25, 0.3) is 21.3 Å². The molecule has 1 amide bonds. The molecule has 0 aliphatic heterocycles. The van der Waals surface area contributed by atoms with E-state index >= 15 is 0 Å². The first-order valence-electron chi connectivity index (χ1n) is 7.10. The number of fused-ring (bicyclic) bond motifs is 2. The van der Waals surface area contributed by atoms with Crippen LogP contribution in [0.2, 0.25) is 10.0 Å². The van der Waals surface area contributed by atoms with Crippen molar-refractivity contribution in [3.63, 3.8) is 0 Å². The number of amides is 1. The Morgan fingerprint density at radius 1 is 1.12 bits per heavy atom. The summed E-state index contributed by atoms with van der Waals surface area (Å²) in [5.74, 6) is -0.348. The fourth-order valence-corrected chi connectivity index (χ4v) is 4.28. The first-order valence-corrected chi connectivity index (χ1v) is 9.81. The van der Waals surface area contributed by atoms with E-state index in [1.54, 1.807) is 24.3 Å². The van der Waals surface area contributed by atoms with Crippen molar-refractivity contribution < 1.29 is 4.79 Å². The van der Waals surface area contributed by atoms with Crippen molar-refractivity contribution in [2.75, 3.05) is 5.32 Å². The summed E-state index contributed by atoms with van der Waals surface area (Å²) < 4.78 is 9.08. The molecule has 0 saturated carbocycles. The van der Waals surface area contributed by atoms with Crippen LogP contribution in [0.15, 0.2) is 30.3 Å². The minimum absolute atomic E-state index is 0.132. The summed E-state index contributed by atoms with van der Waals surface area (Å²) in [6.45, 7) is 0. The summed E-state index contributed by atoms with van der Waals surface area (Å²) in [5.41, 5.74) is 2.44. The number of halogens is 2. The maximum atomic E-state index is 12.3. The molecule has 0 bridgehead atoms. The standard InChI is InChI=1S/C15H7Cl2N5OS3/c16-7-2-4-10-12(11(7)17)18-15(25-10)20-14(24)19-13(23)6-1-3-8-9(5-6)22-26-21-8/h1-5H,(H2,18,19,20,23,24). The Hall–Kier alpha value is -1.91. The average Bonchev–Trinajstić information content (AvgIpc) is 3.24. The molecule has 0 aliphatic carbocycles. The van der Waals surface area contributed by atoms with Crippen molar-refractivity contribution in [3.05, 3.63) is 45.9 Å². The molecule has 0 spiro atoms. The van der Waals surface area contributed by atoms with E-state index in [9.17, 15) is 4.79 Å². The topological polar surface area (TPSA) is 79.8 Å². The van der Waals surface area contributed by atoms with Gasteiger partial charge in [0, 0.05) is 5.56 Å². The van der Waals surface area contributed by atoms with E-state index in [1.807, 2.05) is 6.07 Å². The predicted octanol–water partition coefficient (Wildman–Crippen LogP) is 4.73. The maximum Gasteiger partial charge on any atom is 0.257 e. The monoisotopic (exact) mass is 439 g/mol. The molecule has 2 aromatic carbocycles. The van der Waals surface area contributed by atoms with E-state index < -0.39 is 0 Å². The highest BCUT2D eigenvalue weighted by molar-refractivity contribution is 7.80. The molecule has 11 heteroatoms. The number of thiazole rings is 1. The summed E-state index contributed by atoms with van der Waals surface area (Å²) in [7, 11) is 0. The van der Waals surface area contributed by atoms with Crippen LogP contribution in [0.5, 0.6) is 0 Å². The molecular weight excluding hydrogens is 433 g/mol. The number of hydrogen-bond donors (Lipinski definition) is 2. The average molecular weight is 440 g/mol. The molecule has 130 valence electrons. The molecule has 6 nitrogen and oxygen atoms in total. The zero-order valence-electron chi connectivity index (χ0n) is 12.6. The summed E-state index contributed by atoms with van der Waals surface area (Å²) in [6.07, 6.45) is 0. The lowest BCUT2D eigenvalue weighted by Gasteiger charge is -2.07. The van der Waals surface area contributed by atoms with Crippen LogP contribution in [0, 0.1) is 0 Å². The second kappa shape index (κ2) is 7.01. The molecule has 0 unspecified atom stereocenters. The largest absolute Gasteiger partial charge is 0.308 e. The SMILES string of the molecule is O=C(NC(=S)Nc1nc2c(Cl)c(Cl)ccc2s1)c1ccc2nsnc2c1. The number of nitrogens with one attached hydrogen (secondary N) is 2. The molecular formula is C15H7Cl2N5OS3. The van der Waals surface area contributed by atoms with E-state index in [4.69, 9.17) is 35.4 Å². The Balaban J connectivity index is 1.49. The van der Waals surface area contributed by atoms with Gasteiger partial charge in [-0.1, -0.05) is 34.5 Å². The van der Waals surface area contributed by atoms with Crippen LogP contribution in [0.3, 0.4) is 0 Å². The third-order valence-electron chi connectivity index (χ3n) is 3.42. The van der Waals surface area contributed by atoms with Gasteiger partial charge in [-0.3, -0.25) is 10.1 Å². The molecule has 26 heavy (non-hydrogen) atoms. The second-order valence-electron chi connectivity index (χ2n) is 5.10. The second-order valence-corrected chi connectivity index (χ2v) is 7.86. The van der Waals surface area contributed by atoms with Gasteiger partial charge >= 0.3 is 0 Å². The van der Waals surface area contributed by atoms with Crippen LogP contribution in [0.1, 0.15) is 10.4 Å². The van der Waals surface area contributed by atoms with Crippen LogP contribution in [-0.2, 0) is 0 Å². The van der Waals surface area contributed by atoms with Gasteiger partial charge in [0.25, 0.3) is 5.91 Å². The summed E-state index contributed by atoms with van der Waals surface area (Å²) in [4.78, 5) is 16.7. The van der Waals surface area contributed by atoms with E-state index in [0.717, 1.165) is 21.9 Å². The van der Waals surface area contributed by atoms with E-state index in [2.05, 4.69) is 24.4 Å². The van der Waals surface area contributed by atoms with Crippen LogP contribution < -0.4 is 10.6 Å². The fraction of sp³-hybridized carbons (Fsp3) is 0. The van der Waals surface area contributed by atoms with E-state index in [-0.39, 0.29) is 11.0 Å². The fourth-order valence-electron chi connectivity index (χ4n) is 2.22. The molecule has 0 aliphatic rings. The van der Waals surface area contributed by atoms with Gasteiger partial charge in [0.2, 0.25) is 0 Å². The van der Waals surface area contributed by atoms with Crippen LogP contribution in [0.4, 0.5) is 5.13 Å². The number of carbonyl (C=O) groups is 1. The molecule has 4 aromatic rings. The van der Waals surface area contributed by atoms with Crippen molar-refractivity contribution in [1.82, 2.24) is 19.0 Å². The maximum absolute atomic E-state index is 12.3. The van der Waals surface area contributed by atoms with Gasteiger partial charge in [0.1, 0.15) is 16.6 Å². The number of carbonyl (C=O) groups excluding carboxylic acids is 1. The number of anilines is 1. The quantitative estimate of drug-likeness (QED) is 0.439. The third kappa shape index (κ3) is 3.36. The first-order chi connectivity index (χ1) is 12.5. The zero-order valence-corrected chi connectivity index (χ0v) is 16.6. The molecule has 2 heterocycles. The van der Waals surface area contributed by atoms with Crippen molar-refractivity contribution in [2.45, 2.75) is 0 Å². The highest BCUT2D eigenvalue weighted by Gasteiger charge is 2.13. The third-order valence-corrected chi connectivity index (χ3v) is 5.91. The number of hydrogen-bond acceptors (Lipinski definition) is 7. The molecule has 0 radical (unpaired) electrons. The Labute approximate surface area is 170 Å². The Bertz CT molecular complexity index is 1170. The minimum Gasteiger partial charge on any atom is -0.308 e. The lowest BCUT2D eigenvalue weighted by molar-refractivity contribution is 0.0978. The Morgan fingerprint density at radius 2 is 1.92 bits per heavy atom. The summed E-state index contributed by atoms with van der Waals surface area (Å²) in [5, 5.41) is 6.96. The minimum atomic E-state index is -0.348. The lowest BCUT2D eigenvalue weighted by Crippen LogP contribution is -2.34. The highest BCUT2D eigenvalue weighted by Crippen LogP contribution is 2.35. The van der Waals surface area contributed by atoms with Gasteiger partial charge in [0.15, 0.2) is 10.2 Å². The number of benzene rings is 2. The van der Waals surface area contributed by atoms with Gasteiger partial charge in [-0.25, -0.2) is 4.98 Å². The highest BCUT2D eigenvalue weighted by atomic mass is 35.5. The predicted molar refractivity (Wildman–Crippen MR) is 111 cm³/mol. The molecule has 0 fully saturated rings. The Morgan fingerprint density at radius 3 is 2.77 bits per heavy atom. The van der Waals surface area contributed by atoms with Crippen molar-refractivity contribution in [2.24, 2.45) is 0 Å². The summed E-state index contributed by atoms with van der Waals surface area (Å²) in [6, 6.07) is 8.60. The molecule has 2 N–H and O–H groups in total. The van der Waals surface area contributed by atoms with Crippen molar-refractivity contribution in [1.29, 1.82) is 0 Å². The molecule has 2 aromatic heterocycles. The zero-order chi connectivity index (χ0) is 18.3. The first kappa shape index (κ1) is 17.5. The van der Waals surface area contributed by atoms with Crippen LogP contribution in [-0.4, -0.2) is 24.8 Å². The number of thiocarbonyl (C=S) groups is 1.